The fourth-order valence-electron chi connectivity index (χ4n) is 1.75. The molecule has 0 saturated carbocycles. The number of primary amides is 1. The van der Waals surface area contributed by atoms with E-state index < -0.39 is 6.03 Å². The summed E-state index contributed by atoms with van der Waals surface area (Å²) in [5, 5.41) is 0.384. The number of amides is 2. The highest BCUT2D eigenvalue weighted by molar-refractivity contribution is 7.80. The van der Waals surface area contributed by atoms with Gasteiger partial charge in [-0.05, 0) is 37.2 Å². The zero-order chi connectivity index (χ0) is 13.2. The van der Waals surface area contributed by atoms with Crippen molar-refractivity contribution in [3.63, 3.8) is 0 Å². The lowest BCUT2D eigenvalue weighted by Gasteiger charge is -2.28. The first-order valence-electron chi connectivity index (χ1n) is 5.23. The number of carbonyl (C=O) groups excluding carboxylic acids is 1. The molecule has 4 nitrogen and oxygen atoms in total. The van der Waals surface area contributed by atoms with Gasteiger partial charge in [-0.3, -0.25) is 4.90 Å². The average Bonchev–Trinajstić information content (AvgIpc) is 2.26. The van der Waals surface area contributed by atoms with Gasteiger partial charge in [-0.25, -0.2) is 4.79 Å². The predicted octanol–water partition coefficient (Wildman–Crippen LogP) is 2.04. The summed E-state index contributed by atoms with van der Waals surface area (Å²) in [7, 11) is 3.39. The maximum Gasteiger partial charge on any atom is 0.320 e. The number of rotatable bonds is 1. The lowest BCUT2D eigenvalue weighted by atomic mass is 10.1. The second-order valence-electron chi connectivity index (χ2n) is 3.98. The minimum Gasteiger partial charge on any atom is -0.351 e. The molecule has 1 aromatic rings. The number of para-hydroxylation sites is 1. The van der Waals surface area contributed by atoms with Gasteiger partial charge in [0, 0.05) is 19.8 Å². The van der Waals surface area contributed by atoms with Crippen molar-refractivity contribution >= 4 is 29.0 Å². The Balaban J connectivity index is 3.09. The lowest BCUT2D eigenvalue weighted by molar-refractivity contribution is 0.235. The van der Waals surface area contributed by atoms with Crippen LogP contribution in [0.3, 0.4) is 0 Å². The first kappa shape index (κ1) is 13.4. The van der Waals surface area contributed by atoms with Gasteiger partial charge in [0.2, 0.25) is 0 Å². The molecule has 0 atom stereocenters. The van der Waals surface area contributed by atoms with Gasteiger partial charge >= 0.3 is 6.03 Å². The second kappa shape index (κ2) is 5.14. The Morgan fingerprint density at radius 2 is 1.71 bits per heavy atom. The summed E-state index contributed by atoms with van der Waals surface area (Å²) in [5.74, 6) is 0. The van der Waals surface area contributed by atoms with Crippen LogP contribution in [0.4, 0.5) is 10.5 Å². The third-order valence-corrected chi connectivity index (χ3v) is 3.23. The van der Waals surface area contributed by atoms with Crippen LogP contribution in [0.15, 0.2) is 18.2 Å². The van der Waals surface area contributed by atoms with E-state index in [0.29, 0.717) is 5.11 Å². The first-order valence-corrected chi connectivity index (χ1v) is 5.64. The fraction of sp³-hybridized carbons (Fsp3) is 0.333. The van der Waals surface area contributed by atoms with Gasteiger partial charge < -0.3 is 10.6 Å². The minimum absolute atomic E-state index is 0.384. The lowest BCUT2D eigenvalue weighted by Crippen LogP contribution is -2.45. The van der Waals surface area contributed by atoms with Gasteiger partial charge in [0.15, 0.2) is 5.11 Å². The van der Waals surface area contributed by atoms with Crippen LogP contribution in [0.1, 0.15) is 11.1 Å². The average molecular weight is 251 g/mol. The molecule has 0 aliphatic carbocycles. The quantitative estimate of drug-likeness (QED) is 0.777. The van der Waals surface area contributed by atoms with E-state index in [0.717, 1.165) is 16.8 Å². The van der Waals surface area contributed by atoms with Crippen LogP contribution in [0.5, 0.6) is 0 Å². The van der Waals surface area contributed by atoms with Gasteiger partial charge in [-0.15, -0.1) is 0 Å². The van der Waals surface area contributed by atoms with Crippen molar-refractivity contribution in [2.45, 2.75) is 13.8 Å². The second-order valence-corrected chi connectivity index (χ2v) is 4.34. The highest BCUT2D eigenvalue weighted by Crippen LogP contribution is 2.24. The standard InChI is InChI=1S/C12H17N3OS/c1-8-6-5-7-9(2)10(8)14(3)12(17)15(4)11(13)16/h5-7H,1-4H3,(H2,13,16). The monoisotopic (exact) mass is 251 g/mol. The van der Waals surface area contributed by atoms with Crippen molar-refractivity contribution in [1.82, 2.24) is 4.90 Å². The Hall–Kier alpha value is -1.62. The number of aryl methyl sites for hydroxylation is 2. The molecule has 0 bridgehead atoms. The Morgan fingerprint density at radius 1 is 1.24 bits per heavy atom. The number of carbonyl (C=O) groups is 1. The van der Waals surface area contributed by atoms with E-state index in [2.05, 4.69) is 0 Å². The molecule has 2 N–H and O–H groups in total. The fourth-order valence-corrected chi connectivity index (χ4v) is 1.93. The number of nitrogens with zero attached hydrogens (tertiary/aromatic N) is 2. The van der Waals surface area contributed by atoms with Crippen molar-refractivity contribution in [1.29, 1.82) is 0 Å². The zero-order valence-electron chi connectivity index (χ0n) is 10.5. The van der Waals surface area contributed by atoms with E-state index >= 15 is 0 Å². The minimum atomic E-state index is -0.562. The smallest absolute Gasteiger partial charge is 0.320 e. The molecular formula is C12H17N3OS. The van der Waals surface area contributed by atoms with Crippen molar-refractivity contribution in [3.8, 4) is 0 Å². The van der Waals surface area contributed by atoms with Gasteiger partial charge in [0.05, 0.1) is 0 Å². The molecule has 2 amide bonds. The molecule has 1 aromatic carbocycles. The van der Waals surface area contributed by atoms with Crippen LogP contribution in [-0.4, -0.2) is 30.1 Å². The highest BCUT2D eigenvalue weighted by atomic mass is 32.1. The van der Waals surface area contributed by atoms with Crippen molar-refractivity contribution in [2.75, 3.05) is 19.0 Å². The van der Waals surface area contributed by atoms with Crippen molar-refractivity contribution in [3.05, 3.63) is 29.3 Å². The zero-order valence-corrected chi connectivity index (χ0v) is 11.3. The number of hydrogen-bond donors (Lipinski definition) is 1. The molecule has 17 heavy (non-hydrogen) atoms. The maximum atomic E-state index is 11.1. The summed E-state index contributed by atoms with van der Waals surface area (Å²) in [6.45, 7) is 4.01. The van der Waals surface area contributed by atoms with Gasteiger partial charge in [0.1, 0.15) is 0 Å². The summed E-state index contributed by atoms with van der Waals surface area (Å²) >= 11 is 5.23. The molecule has 92 valence electrons. The number of nitrogens with two attached hydrogens (primary N) is 1. The predicted molar refractivity (Wildman–Crippen MR) is 74.3 cm³/mol. The van der Waals surface area contributed by atoms with E-state index in [1.807, 2.05) is 39.1 Å². The molecule has 0 saturated heterocycles. The molecule has 1 rings (SSSR count). The number of thiocarbonyl (C=S) groups is 1. The van der Waals surface area contributed by atoms with Crippen LogP contribution in [0.25, 0.3) is 0 Å². The van der Waals surface area contributed by atoms with Gasteiger partial charge in [0.25, 0.3) is 0 Å². The maximum absolute atomic E-state index is 11.1. The van der Waals surface area contributed by atoms with E-state index in [9.17, 15) is 4.79 Å². The Labute approximate surface area is 107 Å². The van der Waals surface area contributed by atoms with Crippen molar-refractivity contribution < 1.29 is 4.79 Å². The summed E-state index contributed by atoms with van der Waals surface area (Å²) in [5.41, 5.74) is 8.42. The van der Waals surface area contributed by atoms with E-state index in [1.54, 1.807) is 11.9 Å². The molecule has 0 heterocycles. The SMILES string of the molecule is Cc1cccc(C)c1N(C)C(=S)N(C)C(N)=O. The molecule has 0 radical (unpaired) electrons. The molecule has 0 fully saturated rings. The normalized spacial score (nSPS) is 9.88. The first-order chi connectivity index (χ1) is 7.86. The molecular weight excluding hydrogens is 234 g/mol. The number of benzene rings is 1. The Morgan fingerprint density at radius 3 is 2.12 bits per heavy atom. The summed E-state index contributed by atoms with van der Waals surface area (Å²) < 4.78 is 0. The molecule has 0 aromatic heterocycles. The van der Waals surface area contributed by atoms with Crippen LogP contribution in [0, 0.1) is 13.8 Å². The van der Waals surface area contributed by atoms with Crippen LogP contribution in [0.2, 0.25) is 0 Å². The van der Waals surface area contributed by atoms with Crippen LogP contribution >= 0.6 is 12.2 Å². The number of hydrogen-bond acceptors (Lipinski definition) is 2. The number of anilines is 1. The third kappa shape index (κ3) is 2.74. The van der Waals surface area contributed by atoms with E-state index in [4.69, 9.17) is 18.0 Å². The summed E-state index contributed by atoms with van der Waals surface area (Å²) in [6.07, 6.45) is 0. The Kier molecular flexibility index (Phi) is 4.07. The van der Waals surface area contributed by atoms with Gasteiger partial charge in [-0.1, -0.05) is 18.2 Å². The molecule has 0 aliphatic rings. The molecule has 5 heteroatoms. The third-order valence-electron chi connectivity index (χ3n) is 2.68. The summed E-state index contributed by atoms with van der Waals surface area (Å²) in [6, 6.07) is 5.44. The number of urea groups is 1. The van der Waals surface area contributed by atoms with Gasteiger partial charge in [-0.2, -0.15) is 0 Å². The Bertz CT molecular complexity index is 439. The molecule has 0 aliphatic heterocycles. The van der Waals surface area contributed by atoms with Crippen LogP contribution < -0.4 is 10.6 Å². The highest BCUT2D eigenvalue weighted by Gasteiger charge is 2.17. The van der Waals surface area contributed by atoms with E-state index in [-0.39, 0.29) is 0 Å². The van der Waals surface area contributed by atoms with E-state index in [1.165, 1.54) is 4.90 Å². The molecule has 0 spiro atoms. The topological polar surface area (TPSA) is 49.6 Å². The summed E-state index contributed by atoms with van der Waals surface area (Å²) in [4.78, 5) is 14.1. The molecule has 0 unspecified atom stereocenters. The van der Waals surface area contributed by atoms with Crippen molar-refractivity contribution in [2.24, 2.45) is 5.73 Å². The largest absolute Gasteiger partial charge is 0.351 e. The van der Waals surface area contributed by atoms with Crippen LogP contribution in [-0.2, 0) is 0 Å².